The molecule has 0 radical (unpaired) electrons. The Bertz CT molecular complexity index is 1550. The highest BCUT2D eigenvalue weighted by Gasteiger charge is 2.27. The summed E-state index contributed by atoms with van der Waals surface area (Å²) in [5, 5.41) is 3.28. The highest BCUT2D eigenvalue weighted by Crippen LogP contribution is 2.37. The Hall–Kier alpha value is -4.83. The topological polar surface area (TPSA) is 92.3 Å². The molecule has 2 heterocycles. The molecular formula is C34H40N6O4. The molecular weight excluding hydrogens is 556 g/mol. The molecule has 1 aliphatic heterocycles. The maximum atomic E-state index is 13.9. The Morgan fingerprint density at radius 1 is 0.932 bits per heavy atom. The lowest BCUT2D eigenvalue weighted by molar-refractivity contribution is 0.209. The summed E-state index contributed by atoms with van der Waals surface area (Å²) in [5.41, 5.74) is 4.15. The van der Waals surface area contributed by atoms with E-state index in [4.69, 9.17) is 19.2 Å². The second-order valence-electron chi connectivity index (χ2n) is 10.7. The van der Waals surface area contributed by atoms with Crippen LogP contribution in [0.1, 0.15) is 24.5 Å². The van der Waals surface area contributed by atoms with Gasteiger partial charge in [0.1, 0.15) is 23.1 Å². The third-order valence-electron chi connectivity index (χ3n) is 7.68. The van der Waals surface area contributed by atoms with Crippen LogP contribution in [0.5, 0.6) is 17.2 Å². The maximum absolute atomic E-state index is 13.9. The minimum absolute atomic E-state index is 0.309. The molecule has 0 spiro atoms. The number of aryl methyl sites for hydroxylation is 2. The van der Waals surface area contributed by atoms with Crippen LogP contribution in [-0.4, -0.2) is 67.9 Å². The van der Waals surface area contributed by atoms with E-state index in [1.54, 1.807) is 37.6 Å². The lowest BCUT2D eigenvalue weighted by atomic mass is 10.1. The van der Waals surface area contributed by atoms with E-state index in [1.807, 2.05) is 44.2 Å². The second kappa shape index (κ2) is 14.1. The van der Waals surface area contributed by atoms with Crippen molar-refractivity contribution in [3.05, 3.63) is 84.1 Å². The number of carbonyl (C=O) groups excluding carboxylic acids is 1. The van der Waals surface area contributed by atoms with Crippen molar-refractivity contribution in [2.24, 2.45) is 0 Å². The monoisotopic (exact) mass is 596 g/mol. The quantitative estimate of drug-likeness (QED) is 0.214. The summed E-state index contributed by atoms with van der Waals surface area (Å²) in [6.45, 7) is 11.4. The van der Waals surface area contributed by atoms with Crippen molar-refractivity contribution >= 4 is 34.9 Å². The summed E-state index contributed by atoms with van der Waals surface area (Å²) in [4.78, 5) is 29.3. The van der Waals surface area contributed by atoms with Gasteiger partial charge in [0.05, 0.1) is 19.9 Å². The maximum Gasteiger partial charge on any atom is 0.425 e. The fourth-order valence-electron chi connectivity index (χ4n) is 5.34. The zero-order valence-corrected chi connectivity index (χ0v) is 26.0. The van der Waals surface area contributed by atoms with Crippen molar-refractivity contribution in [2.75, 3.05) is 62.1 Å². The van der Waals surface area contributed by atoms with E-state index in [1.165, 1.54) is 24.1 Å². The number of anilines is 5. The number of benzene rings is 3. The minimum Gasteiger partial charge on any atom is -0.497 e. The minimum atomic E-state index is -0.640. The van der Waals surface area contributed by atoms with Gasteiger partial charge >= 0.3 is 6.09 Å². The van der Waals surface area contributed by atoms with Crippen LogP contribution in [0.25, 0.3) is 0 Å². The lowest BCUT2D eigenvalue weighted by Gasteiger charge is -2.36. The van der Waals surface area contributed by atoms with Crippen LogP contribution < -0.4 is 29.3 Å². The predicted molar refractivity (Wildman–Crippen MR) is 174 cm³/mol. The van der Waals surface area contributed by atoms with Crippen LogP contribution in [0, 0.1) is 13.8 Å². The molecule has 0 saturated carbocycles. The number of ether oxygens (including phenoxy) is 3. The van der Waals surface area contributed by atoms with Crippen molar-refractivity contribution in [1.29, 1.82) is 0 Å². The second-order valence-corrected chi connectivity index (χ2v) is 10.7. The average Bonchev–Trinajstić information content (AvgIpc) is 3.04. The third-order valence-corrected chi connectivity index (χ3v) is 7.68. The molecule has 1 saturated heterocycles. The fraction of sp³-hybridized carbons (Fsp3) is 0.324. The van der Waals surface area contributed by atoms with Gasteiger partial charge in [-0.05, 0) is 74.3 Å². The number of nitrogens with one attached hydrogen (secondary N) is 1. The van der Waals surface area contributed by atoms with Crippen molar-refractivity contribution in [3.63, 3.8) is 0 Å². The van der Waals surface area contributed by atoms with E-state index in [-0.39, 0.29) is 0 Å². The van der Waals surface area contributed by atoms with E-state index in [0.29, 0.717) is 34.7 Å². The molecule has 230 valence electrons. The number of amides is 1. The number of rotatable bonds is 10. The van der Waals surface area contributed by atoms with Crippen molar-refractivity contribution in [2.45, 2.75) is 27.2 Å². The molecule has 0 bridgehead atoms. The molecule has 0 aliphatic carbocycles. The highest BCUT2D eigenvalue weighted by atomic mass is 16.6. The number of nitrogens with zero attached hydrogens (tertiary/aromatic N) is 5. The number of aromatic nitrogens is 2. The Kier molecular flexibility index (Phi) is 9.81. The van der Waals surface area contributed by atoms with Gasteiger partial charge in [-0.3, -0.25) is 4.90 Å². The number of hydrogen-bond acceptors (Lipinski definition) is 9. The first-order valence-corrected chi connectivity index (χ1v) is 14.9. The molecule has 4 aromatic rings. The number of carbonyl (C=O) groups is 1. The van der Waals surface area contributed by atoms with Gasteiger partial charge in [-0.25, -0.2) is 14.7 Å². The van der Waals surface area contributed by atoms with Crippen molar-refractivity contribution in [1.82, 2.24) is 14.9 Å². The van der Waals surface area contributed by atoms with Crippen molar-refractivity contribution in [3.8, 4) is 17.2 Å². The Morgan fingerprint density at radius 2 is 1.66 bits per heavy atom. The molecule has 1 amide bonds. The van der Waals surface area contributed by atoms with E-state index in [9.17, 15) is 4.79 Å². The first-order chi connectivity index (χ1) is 21.4. The molecule has 1 aromatic heterocycles. The molecule has 3 aromatic carbocycles. The summed E-state index contributed by atoms with van der Waals surface area (Å²) in [7, 11) is 3.11. The standard InChI is InChI=1S/C34H40N6O4/c1-6-18-38-19-21-39(22-20-38)27-12-10-26(11-13-27)36-33-35-17-16-31(37-33)40(29-15-14-28(42-4)23-30(29)43-5)34(41)44-32-24(2)8-7-9-25(32)3/h7-17,23H,6,18-22H2,1-5H3,(H,35,36,37). The van der Waals surface area contributed by atoms with E-state index in [2.05, 4.69) is 39.2 Å². The van der Waals surface area contributed by atoms with E-state index < -0.39 is 6.09 Å². The van der Waals surface area contributed by atoms with Crippen LogP contribution in [0.4, 0.5) is 33.6 Å². The molecule has 1 aliphatic rings. The van der Waals surface area contributed by atoms with Gasteiger partial charge in [-0.15, -0.1) is 0 Å². The van der Waals surface area contributed by atoms with E-state index >= 15 is 0 Å². The predicted octanol–water partition coefficient (Wildman–Crippen LogP) is 6.72. The number of para-hydroxylation sites is 1. The zero-order valence-electron chi connectivity index (χ0n) is 26.0. The summed E-state index contributed by atoms with van der Waals surface area (Å²) in [5.74, 6) is 2.14. The first kappa shape index (κ1) is 30.6. The van der Waals surface area contributed by atoms with Crippen molar-refractivity contribution < 1.29 is 19.0 Å². The SMILES string of the molecule is CCCN1CCN(c2ccc(Nc3nccc(N(C(=O)Oc4c(C)cccc4C)c4ccc(OC)cc4OC)n3)cc2)CC1. The van der Waals surface area contributed by atoms with Gasteiger partial charge in [0.25, 0.3) is 0 Å². The van der Waals surface area contributed by atoms with Crippen LogP contribution >= 0.6 is 0 Å². The summed E-state index contributed by atoms with van der Waals surface area (Å²) in [6, 6.07) is 20.8. The Labute approximate surface area is 259 Å². The zero-order chi connectivity index (χ0) is 31.1. The molecule has 44 heavy (non-hydrogen) atoms. The number of piperazine rings is 1. The molecule has 1 fully saturated rings. The fourth-order valence-corrected chi connectivity index (χ4v) is 5.34. The van der Waals surface area contributed by atoms with Crippen LogP contribution in [0.15, 0.2) is 72.9 Å². The lowest BCUT2D eigenvalue weighted by Crippen LogP contribution is -2.46. The van der Waals surface area contributed by atoms with Gasteiger partial charge in [-0.2, -0.15) is 4.98 Å². The summed E-state index contributed by atoms with van der Waals surface area (Å²) < 4.78 is 17.0. The number of hydrogen-bond donors (Lipinski definition) is 1. The largest absolute Gasteiger partial charge is 0.497 e. The van der Waals surface area contributed by atoms with Gasteiger partial charge in [0.2, 0.25) is 5.95 Å². The smallest absolute Gasteiger partial charge is 0.425 e. The Balaban J connectivity index is 1.40. The molecule has 1 N–H and O–H groups in total. The van der Waals surface area contributed by atoms with Crippen LogP contribution in [0.3, 0.4) is 0 Å². The van der Waals surface area contributed by atoms with Gasteiger partial charge in [0, 0.05) is 55.9 Å². The average molecular weight is 597 g/mol. The van der Waals surface area contributed by atoms with Crippen LogP contribution in [0.2, 0.25) is 0 Å². The molecule has 0 unspecified atom stereocenters. The third kappa shape index (κ3) is 7.03. The van der Waals surface area contributed by atoms with Gasteiger partial charge in [-0.1, -0.05) is 25.1 Å². The summed E-state index contributed by atoms with van der Waals surface area (Å²) >= 11 is 0. The van der Waals surface area contributed by atoms with Crippen LogP contribution in [-0.2, 0) is 0 Å². The Morgan fingerprint density at radius 3 is 2.32 bits per heavy atom. The summed E-state index contributed by atoms with van der Waals surface area (Å²) in [6.07, 6.45) is 2.14. The normalized spacial score (nSPS) is 13.3. The first-order valence-electron chi connectivity index (χ1n) is 14.9. The number of methoxy groups -OCH3 is 2. The van der Waals surface area contributed by atoms with E-state index in [0.717, 1.165) is 49.5 Å². The molecule has 5 rings (SSSR count). The van der Waals surface area contributed by atoms with Gasteiger partial charge < -0.3 is 24.4 Å². The highest BCUT2D eigenvalue weighted by molar-refractivity contribution is 5.98. The molecule has 10 nitrogen and oxygen atoms in total. The molecule has 0 atom stereocenters. The molecule has 10 heteroatoms. The van der Waals surface area contributed by atoms with Gasteiger partial charge in [0.15, 0.2) is 0 Å².